The zero-order chi connectivity index (χ0) is 23.8. The van der Waals surface area contributed by atoms with Crippen molar-refractivity contribution in [2.24, 2.45) is 18.7 Å². The maximum atomic E-state index is 13.0. The fraction of sp³-hybridized carbons (Fsp3) is 0.409. The number of sulfonamides is 1. The summed E-state index contributed by atoms with van der Waals surface area (Å²) in [6.07, 6.45) is 3.38. The molecule has 33 heavy (non-hydrogen) atoms. The van der Waals surface area contributed by atoms with Gasteiger partial charge < -0.3 is 20.5 Å². The Labute approximate surface area is 192 Å². The number of carbonyl (C=O) groups is 3. The number of benzene rings is 1. The number of aromatic nitrogens is 1. The third-order valence-corrected chi connectivity index (χ3v) is 8.08. The number of nitrogens with zero attached hydrogens (tertiary/aromatic N) is 3. The van der Waals surface area contributed by atoms with E-state index in [1.165, 1.54) is 21.1 Å². The van der Waals surface area contributed by atoms with Gasteiger partial charge in [0.25, 0.3) is 5.91 Å². The highest BCUT2D eigenvalue weighted by molar-refractivity contribution is 7.89. The summed E-state index contributed by atoms with van der Waals surface area (Å²) >= 11 is 0. The van der Waals surface area contributed by atoms with Crippen LogP contribution in [0, 0.1) is 5.92 Å². The molecule has 2 aliphatic heterocycles. The Bertz CT molecular complexity index is 1200. The standard InChI is InChI=1S/C22H27N5O5S/c1-25-14-16(13-19(25)21(23)29)33(31,32)26-11-8-15(9-12-26)22(30)24-17-5-2-3-6-18(17)27-10-4-7-20(27)28/h2-3,5-6,13-15H,4,7-12H2,1H3,(H2,23,29)(H,24,30). The molecule has 4 rings (SSSR count). The van der Waals surface area contributed by atoms with Crippen LogP contribution in [0.5, 0.6) is 0 Å². The SMILES string of the molecule is Cn1cc(S(=O)(=O)N2CCC(C(=O)Nc3ccccc3N3CCCC3=O)CC2)cc1C(N)=O. The Balaban J connectivity index is 1.41. The van der Waals surface area contributed by atoms with E-state index in [9.17, 15) is 22.8 Å². The largest absolute Gasteiger partial charge is 0.364 e. The summed E-state index contributed by atoms with van der Waals surface area (Å²) in [6, 6.07) is 8.48. The van der Waals surface area contributed by atoms with E-state index in [0.717, 1.165) is 6.42 Å². The zero-order valence-corrected chi connectivity index (χ0v) is 19.2. The Hall–Kier alpha value is -3.18. The van der Waals surface area contributed by atoms with Crippen LogP contribution in [0.15, 0.2) is 41.4 Å². The number of nitrogens with two attached hydrogens (primary N) is 1. The van der Waals surface area contributed by atoms with E-state index >= 15 is 0 Å². The van der Waals surface area contributed by atoms with Crippen LogP contribution in [0.2, 0.25) is 0 Å². The summed E-state index contributed by atoms with van der Waals surface area (Å²) < 4.78 is 28.7. The highest BCUT2D eigenvalue weighted by Gasteiger charge is 2.34. The number of anilines is 2. The number of para-hydroxylation sites is 2. The molecule has 2 saturated heterocycles. The lowest BCUT2D eigenvalue weighted by atomic mass is 9.97. The molecule has 10 nitrogen and oxygen atoms in total. The predicted octanol–water partition coefficient (Wildman–Crippen LogP) is 1.29. The highest BCUT2D eigenvalue weighted by atomic mass is 32.2. The number of hydrogen-bond donors (Lipinski definition) is 2. The minimum absolute atomic E-state index is 0.00547. The van der Waals surface area contributed by atoms with Gasteiger partial charge >= 0.3 is 0 Å². The van der Waals surface area contributed by atoms with Gasteiger partial charge in [-0.25, -0.2) is 8.42 Å². The van der Waals surface area contributed by atoms with E-state index in [4.69, 9.17) is 5.73 Å². The second-order valence-electron chi connectivity index (χ2n) is 8.37. The minimum atomic E-state index is -3.80. The molecule has 0 spiro atoms. The summed E-state index contributed by atoms with van der Waals surface area (Å²) in [5, 5.41) is 2.93. The molecule has 3 amide bonds. The lowest BCUT2D eigenvalue weighted by Crippen LogP contribution is -2.41. The molecular formula is C22H27N5O5S. The van der Waals surface area contributed by atoms with Gasteiger partial charge in [-0.05, 0) is 37.5 Å². The van der Waals surface area contributed by atoms with Crippen molar-refractivity contribution in [3.05, 3.63) is 42.2 Å². The van der Waals surface area contributed by atoms with Gasteiger partial charge in [0.1, 0.15) is 10.6 Å². The first-order chi connectivity index (χ1) is 15.7. The average Bonchev–Trinajstić information content (AvgIpc) is 3.40. The summed E-state index contributed by atoms with van der Waals surface area (Å²) in [6.45, 7) is 1.000. The van der Waals surface area contributed by atoms with Gasteiger partial charge in [-0.3, -0.25) is 14.4 Å². The molecule has 0 aliphatic carbocycles. The first-order valence-electron chi connectivity index (χ1n) is 10.8. The lowest BCUT2D eigenvalue weighted by molar-refractivity contribution is -0.121. The van der Waals surface area contributed by atoms with Crippen molar-refractivity contribution in [3.8, 4) is 0 Å². The van der Waals surface area contributed by atoms with Gasteiger partial charge in [0.2, 0.25) is 21.8 Å². The Morgan fingerprint density at radius 1 is 1.12 bits per heavy atom. The first-order valence-corrected chi connectivity index (χ1v) is 12.3. The zero-order valence-electron chi connectivity index (χ0n) is 18.4. The van der Waals surface area contributed by atoms with Gasteiger partial charge in [-0.15, -0.1) is 0 Å². The number of hydrogen-bond acceptors (Lipinski definition) is 5. The molecule has 0 atom stereocenters. The smallest absolute Gasteiger partial charge is 0.265 e. The van der Waals surface area contributed by atoms with Crippen molar-refractivity contribution < 1.29 is 22.8 Å². The summed E-state index contributed by atoms with van der Waals surface area (Å²) in [7, 11) is -2.24. The quantitative estimate of drug-likeness (QED) is 0.652. The van der Waals surface area contributed by atoms with Gasteiger partial charge in [0.15, 0.2) is 0 Å². The molecule has 2 aliphatic rings. The summed E-state index contributed by atoms with van der Waals surface area (Å²) in [5.74, 6) is -1.21. The average molecular weight is 474 g/mol. The van der Waals surface area contributed by atoms with Gasteiger partial charge in [0, 0.05) is 45.2 Å². The van der Waals surface area contributed by atoms with E-state index < -0.39 is 15.9 Å². The fourth-order valence-corrected chi connectivity index (χ4v) is 5.92. The van der Waals surface area contributed by atoms with Crippen molar-refractivity contribution in [1.82, 2.24) is 8.87 Å². The van der Waals surface area contributed by atoms with Crippen LogP contribution in [-0.2, 0) is 26.7 Å². The minimum Gasteiger partial charge on any atom is -0.364 e. The molecule has 1 aromatic heterocycles. The molecule has 0 saturated carbocycles. The van der Waals surface area contributed by atoms with Gasteiger partial charge in [-0.2, -0.15) is 4.31 Å². The number of aryl methyl sites for hydroxylation is 1. The second-order valence-corrected chi connectivity index (χ2v) is 10.3. The first kappa shape index (κ1) is 23.0. The monoisotopic (exact) mass is 473 g/mol. The van der Waals surface area contributed by atoms with Crippen LogP contribution in [0.4, 0.5) is 11.4 Å². The third-order valence-electron chi connectivity index (χ3n) is 6.22. The van der Waals surface area contributed by atoms with Crippen LogP contribution in [0.3, 0.4) is 0 Å². The van der Waals surface area contributed by atoms with Crippen LogP contribution >= 0.6 is 0 Å². The number of carbonyl (C=O) groups excluding carboxylic acids is 3. The molecular weight excluding hydrogens is 446 g/mol. The molecule has 1 aromatic carbocycles. The molecule has 11 heteroatoms. The van der Waals surface area contributed by atoms with Crippen molar-refractivity contribution in [1.29, 1.82) is 0 Å². The maximum Gasteiger partial charge on any atom is 0.265 e. The van der Waals surface area contributed by atoms with Crippen LogP contribution in [0.25, 0.3) is 0 Å². The number of nitrogens with one attached hydrogen (secondary N) is 1. The van der Waals surface area contributed by atoms with E-state index in [0.29, 0.717) is 37.2 Å². The van der Waals surface area contributed by atoms with Crippen LogP contribution in [0.1, 0.15) is 36.2 Å². The van der Waals surface area contributed by atoms with E-state index in [2.05, 4.69) is 5.32 Å². The predicted molar refractivity (Wildman–Crippen MR) is 122 cm³/mol. The maximum absolute atomic E-state index is 13.0. The topological polar surface area (TPSA) is 135 Å². The molecule has 176 valence electrons. The van der Waals surface area contributed by atoms with Crippen LogP contribution in [-0.4, -0.2) is 54.6 Å². The Morgan fingerprint density at radius 3 is 2.42 bits per heavy atom. The van der Waals surface area contributed by atoms with Crippen LogP contribution < -0.4 is 16.0 Å². The molecule has 3 N–H and O–H groups in total. The molecule has 3 heterocycles. The second kappa shape index (κ2) is 8.99. The molecule has 2 fully saturated rings. The summed E-state index contributed by atoms with van der Waals surface area (Å²) in [5.41, 5.74) is 6.66. The Morgan fingerprint density at radius 2 is 1.82 bits per heavy atom. The van der Waals surface area contributed by atoms with Gasteiger partial charge in [0.05, 0.1) is 11.4 Å². The number of piperidine rings is 1. The normalized spacial score (nSPS) is 18.0. The Kier molecular flexibility index (Phi) is 6.26. The number of rotatable bonds is 6. The van der Waals surface area contributed by atoms with Gasteiger partial charge in [-0.1, -0.05) is 12.1 Å². The number of amides is 3. The lowest BCUT2D eigenvalue weighted by Gasteiger charge is -2.30. The molecule has 2 aromatic rings. The van der Waals surface area contributed by atoms with Crippen molar-refractivity contribution in [2.75, 3.05) is 29.9 Å². The molecule has 0 radical (unpaired) electrons. The van der Waals surface area contributed by atoms with Crippen molar-refractivity contribution in [2.45, 2.75) is 30.6 Å². The van der Waals surface area contributed by atoms with E-state index in [-0.39, 0.29) is 41.4 Å². The highest BCUT2D eigenvalue weighted by Crippen LogP contribution is 2.31. The number of primary amides is 1. The van der Waals surface area contributed by atoms with E-state index in [1.54, 1.807) is 24.1 Å². The summed E-state index contributed by atoms with van der Waals surface area (Å²) in [4.78, 5) is 38.2. The molecule has 0 unspecified atom stereocenters. The van der Waals surface area contributed by atoms with Crippen molar-refractivity contribution in [3.63, 3.8) is 0 Å². The van der Waals surface area contributed by atoms with Crippen molar-refractivity contribution >= 4 is 39.1 Å². The fourth-order valence-electron chi connectivity index (χ4n) is 4.38. The molecule has 0 bridgehead atoms. The third kappa shape index (κ3) is 4.51. The van der Waals surface area contributed by atoms with E-state index in [1.807, 2.05) is 12.1 Å².